The van der Waals surface area contributed by atoms with E-state index in [4.69, 9.17) is 11.6 Å². The van der Waals surface area contributed by atoms with Gasteiger partial charge in [0.05, 0.1) is 5.69 Å². The number of hydrogen-bond donors (Lipinski definition) is 1. The maximum atomic E-state index is 13.7. The Morgan fingerprint density at radius 2 is 1.90 bits per heavy atom. The average Bonchev–Trinajstić information content (AvgIpc) is 2.32. The average molecular weight is 359 g/mol. The van der Waals surface area contributed by atoms with Crippen LogP contribution in [-0.4, -0.2) is 9.97 Å². The Labute approximate surface area is 130 Å². The first kappa shape index (κ1) is 15.2. The van der Waals surface area contributed by atoms with Crippen molar-refractivity contribution in [1.29, 1.82) is 0 Å². The molecule has 0 aliphatic rings. The number of nitrogens with one attached hydrogen (secondary N) is 1. The smallest absolute Gasteiger partial charge is 0.146 e. The van der Waals surface area contributed by atoms with Crippen molar-refractivity contribution in [2.75, 3.05) is 5.32 Å². The van der Waals surface area contributed by atoms with Crippen LogP contribution in [-0.2, 0) is 5.41 Å². The van der Waals surface area contributed by atoms with Gasteiger partial charge in [-0.25, -0.2) is 14.4 Å². The lowest BCUT2D eigenvalue weighted by Crippen LogP contribution is -2.17. The Bertz CT molecular complexity index is 641. The third-order valence-corrected chi connectivity index (χ3v) is 3.20. The molecule has 1 heterocycles. The summed E-state index contributed by atoms with van der Waals surface area (Å²) in [6, 6.07) is 6.02. The number of halogens is 3. The van der Waals surface area contributed by atoms with E-state index in [1.807, 2.05) is 20.8 Å². The third-order valence-electron chi connectivity index (χ3n) is 2.56. The Balaban J connectivity index is 2.39. The third kappa shape index (κ3) is 3.67. The van der Waals surface area contributed by atoms with Gasteiger partial charge in [-0.2, -0.15) is 0 Å². The maximum absolute atomic E-state index is 13.7. The number of aromatic nitrogens is 2. The van der Waals surface area contributed by atoms with Gasteiger partial charge in [0.1, 0.15) is 22.1 Å². The zero-order valence-corrected chi connectivity index (χ0v) is 13.7. The van der Waals surface area contributed by atoms with Crippen molar-refractivity contribution in [2.24, 2.45) is 0 Å². The van der Waals surface area contributed by atoms with E-state index >= 15 is 0 Å². The van der Waals surface area contributed by atoms with E-state index in [-0.39, 0.29) is 16.9 Å². The maximum Gasteiger partial charge on any atom is 0.146 e. The zero-order valence-electron chi connectivity index (χ0n) is 11.3. The highest BCUT2D eigenvalue weighted by atomic mass is 79.9. The summed E-state index contributed by atoms with van der Waals surface area (Å²) in [6.45, 7) is 6.04. The fourth-order valence-corrected chi connectivity index (χ4v) is 2.11. The molecule has 1 aromatic carbocycles. The van der Waals surface area contributed by atoms with Crippen LogP contribution in [0.25, 0.3) is 0 Å². The highest BCUT2D eigenvalue weighted by Gasteiger charge is 2.19. The van der Waals surface area contributed by atoms with Gasteiger partial charge in [-0.3, -0.25) is 0 Å². The molecule has 106 valence electrons. The van der Waals surface area contributed by atoms with Gasteiger partial charge in [0.2, 0.25) is 0 Å². The molecule has 0 saturated heterocycles. The van der Waals surface area contributed by atoms with Gasteiger partial charge in [-0.05, 0) is 34.1 Å². The van der Waals surface area contributed by atoms with Crippen molar-refractivity contribution in [1.82, 2.24) is 9.97 Å². The molecule has 3 nitrogen and oxygen atoms in total. The van der Waals surface area contributed by atoms with Crippen molar-refractivity contribution >= 4 is 39.0 Å². The summed E-state index contributed by atoms with van der Waals surface area (Å²) in [4.78, 5) is 8.74. The van der Waals surface area contributed by atoms with Crippen LogP contribution in [0, 0.1) is 5.82 Å². The van der Waals surface area contributed by atoms with Crippen LogP contribution in [0.1, 0.15) is 26.6 Å². The summed E-state index contributed by atoms with van der Waals surface area (Å²) in [6.07, 6.45) is 0. The zero-order chi connectivity index (χ0) is 14.9. The summed E-state index contributed by atoms with van der Waals surface area (Å²) < 4.78 is 14.4. The lowest BCUT2D eigenvalue weighted by molar-refractivity contribution is 0.544. The molecule has 1 aromatic heterocycles. The molecule has 6 heteroatoms. The van der Waals surface area contributed by atoms with Crippen LogP contribution in [0.4, 0.5) is 15.9 Å². The van der Waals surface area contributed by atoms with E-state index in [0.717, 1.165) is 0 Å². The fraction of sp³-hybridized carbons (Fsp3) is 0.286. The number of rotatable bonds is 2. The Hall–Kier alpha value is -1.20. The van der Waals surface area contributed by atoms with Crippen LogP contribution in [0.2, 0.25) is 5.02 Å². The van der Waals surface area contributed by atoms with Gasteiger partial charge in [-0.1, -0.05) is 32.4 Å². The number of nitrogens with zero attached hydrogens (tertiary/aromatic N) is 2. The molecule has 0 aliphatic heterocycles. The quantitative estimate of drug-likeness (QED) is 0.761. The Morgan fingerprint density at radius 3 is 2.55 bits per heavy atom. The lowest BCUT2D eigenvalue weighted by Gasteiger charge is -2.18. The van der Waals surface area contributed by atoms with E-state index in [2.05, 4.69) is 31.2 Å². The number of benzene rings is 1. The van der Waals surface area contributed by atoms with E-state index < -0.39 is 0 Å². The minimum absolute atomic E-state index is 0.201. The minimum Gasteiger partial charge on any atom is -0.338 e. The predicted molar refractivity (Wildman–Crippen MR) is 83.1 cm³/mol. The molecule has 0 saturated carbocycles. The summed E-state index contributed by atoms with van der Waals surface area (Å²) >= 11 is 9.21. The normalized spacial score (nSPS) is 11.5. The first-order chi connectivity index (χ1) is 9.25. The van der Waals surface area contributed by atoms with Gasteiger partial charge in [0, 0.05) is 16.5 Å². The molecule has 0 amide bonds. The molecule has 2 aromatic rings. The molecular weight excluding hydrogens is 345 g/mol. The number of anilines is 2. The van der Waals surface area contributed by atoms with Crippen LogP contribution in [0.3, 0.4) is 0 Å². The molecule has 0 radical (unpaired) electrons. The molecule has 1 N–H and O–H groups in total. The van der Waals surface area contributed by atoms with Crippen molar-refractivity contribution in [2.45, 2.75) is 26.2 Å². The summed E-state index contributed by atoms with van der Waals surface area (Å²) in [5, 5.41) is 3.38. The predicted octanol–water partition coefficient (Wildman–Crippen LogP) is 5.07. The highest BCUT2D eigenvalue weighted by Crippen LogP contribution is 2.26. The molecule has 20 heavy (non-hydrogen) atoms. The van der Waals surface area contributed by atoms with Crippen LogP contribution < -0.4 is 5.32 Å². The fourth-order valence-electron chi connectivity index (χ4n) is 1.55. The van der Waals surface area contributed by atoms with Gasteiger partial charge in [0.15, 0.2) is 0 Å². The summed E-state index contributed by atoms with van der Waals surface area (Å²) in [5.41, 5.74) is 0.0792. The summed E-state index contributed by atoms with van der Waals surface area (Å²) in [7, 11) is 0. The molecular formula is C14H14BrClFN3. The largest absolute Gasteiger partial charge is 0.338 e. The molecule has 0 spiro atoms. The van der Waals surface area contributed by atoms with Gasteiger partial charge in [0.25, 0.3) is 0 Å². The second-order valence-corrected chi connectivity index (χ2v) is 6.65. The number of hydrogen-bond acceptors (Lipinski definition) is 3. The van der Waals surface area contributed by atoms with Gasteiger partial charge in [-0.15, -0.1) is 0 Å². The molecule has 0 atom stereocenters. The highest BCUT2D eigenvalue weighted by molar-refractivity contribution is 9.10. The van der Waals surface area contributed by atoms with Crippen molar-refractivity contribution in [3.05, 3.63) is 45.5 Å². The Morgan fingerprint density at radius 1 is 1.20 bits per heavy atom. The van der Waals surface area contributed by atoms with Gasteiger partial charge >= 0.3 is 0 Å². The topological polar surface area (TPSA) is 37.8 Å². The first-order valence-electron chi connectivity index (χ1n) is 6.03. The standard InChI is InChI=1S/C14H14BrClFN3/c1-14(2,3)13-19-11(15)7-12(20-13)18-10-6-8(16)4-5-9(10)17/h4-7H,1-3H3,(H,18,19,20). The summed E-state index contributed by atoms with van der Waals surface area (Å²) in [5.74, 6) is 0.788. The van der Waals surface area contributed by atoms with E-state index in [0.29, 0.717) is 21.3 Å². The minimum atomic E-state index is -0.388. The van der Waals surface area contributed by atoms with Gasteiger partial charge < -0.3 is 5.32 Å². The van der Waals surface area contributed by atoms with Crippen molar-refractivity contribution < 1.29 is 4.39 Å². The molecule has 2 rings (SSSR count). The second-order valence-electron chi connectivity index (χ2n) is 5.40. The molecule has 0 aliphatic carbocycles. The van der Waals surface area contributed by atoms with Crippen molar-refractivity contribution in [3.8, 4) is 0 Å². The molecule has 0 unspecified atom stereocenters. The monoisotopic (exact) mass is 357 g/mol. The second kappa shape index (κ2) is 5.66. The van der Waals surface area contributed by atoms with E-state index in [9.17, 15) is 4.39 Å². The molecule has 0 bridgehead atoms. The SMILES string of the molecule is CC(C)(C)c1nc(Br)cc(Nc2cc(Cl)ccc2F)n1. The van der Waals surface area contributed by atoms with Crippen LogP contribution in [0.5, 0.6) is 0 Å². The van der Waals surface area contributed by atoms with Crippen molar-refractivity contribution in [3.63, 3.8) is 0 Å². The van der Waals surface area contributed by atoms with E-state index in [1.54, 1.807) is 6.07 Å². The van der Waals surface area contributed by atoms with Crippen LogP contribution >= 0.6 is 27.5 Å². The first-order valence-corrected chi connectivity index (χ1v) is 7.20. The lowest BCUT2D eigenvalue weighted by atomic mass is 9.96. The Kier molecular flexibility index (Phi) is 4.30. The van der Waals surface area contributed by atoms with Crippen LogP contribution in [0.15, 0.2) is 28.9 Å². The molecule has 0 fully saturated rings. The van der Waals surface area contributed by atoms with E-state index in [1.165, 1.54) is 18.2 Å².